The highest BCUT2D eigenvalue weighted by molar-refractivity contribution is 6.10. The molecule has 5 heteroatoms. The van der Waals surface area contributed by atoms with Crippen molar-refractivity contribution in [2.45, 2.75) is 32.4 Å². The van der Waals surface area contributed by atoms with Crippen LogP contribution in [-0.4, -0.2) is 9.13 Å². The Morgan fingerprint density at radius 1 is 0.413 bits per heavy atom. The lowest BCUT2D eigenvalue weighted by molar-refractivity contribution is -0.137. The molecule has 0 radical (unpaired) electrons. The molecular formula is C41H31F3N2. The highest BCUT2D eigenvalue weighted by Crippen LogP contribution is 2.39. The van der Waals surface area contributed by atoms with Gasteiger partial charge < -0.3 is 9.13 Å². The number of aromatic nitrogens is 2. The molecule has 0 aliphatic carbocycles. The van der Waals surface area contributed by atoms with Gasteiger partial charge in [-0.2, -0.15) is 13.2 Å². The van der Waals surface area contributed by atoms with Crippen LogP contribution in [0.2, 0.25) is 0 Å². The van der Waals surface area contributed by atoms with E-state index >= 15 is 0 Å². The van der Waals surface area contributed by atoms with Gasteiger partial charge >= 0.3 is 6.18 Å². The summed E-state index contributed by atoms with van der Waals surface area (Å²) in [6.45, 7) is 6.72. The van der Waals surface area contributed by atoms with Gasteiger partial charge in [-0.1, -0.05) is 87.5 Å². The zero-order valence-electron chi connectivity index (χ0n) is 25.7. The molecular weight excluding hydrogens is 577 g/mol. The summed E-state index contributed by atoms with van der Waals surface area (Å²) in [7, 11) is 0. The molecule has 6 aromatic carbocycles. The van der Waals surface area contributed by atoms with E-state index in [0.29, 0.717) is 5.39 Å². The Kier molecular flexibility index (Phi) is 6.20. The molecule has 2 nitrogen and oxygen atoms in total. The first-order chi connectivity index (χ1) is 22.1. The third kappa shape index (κ3) is 4.49. The predicted octanol–water partition coefficient (Wildman–Crippen LogP) is 11.9. The normalized spacial score (nSPS) is 12.6. The van der Waals surface area contributed by atoms with Gasteiger partial charge in [0.15, 0.2) is 0 Å². The van der Waals surface area contributed by atoms with Crippen molar-refractivity contribution in [1.82, 2.24) is 9.13 Å². The molecule has 8 rings (SSSR count). The Morgan fingerprint density at radius 2 is 0.848 bits per heavy atom. The number of benzene rings is 6. The summed E-state index contributed by atoms with van der Waals surface area (Å²) in [5.41, 5.74) is 8.63. The number of hydrogen-bond acceptors (Lipinski definition) is 0. The van der Waals surface area contributed by atoms with Gasteiger partial charge in [0.25, 0.3) is 0 Å². The van der Waals surface area contributed by atoms with E-state index in [4.69, 9.17) is 0 Å². The van der Waals surface area contributed by atoms with E-state index in [1.54, 1.807) is 6.07 Å². The minimum atomic E-state index is -4.41. The van der Waals surface area contributed by atoms with Crippen molar-refractivity contribution in [2.24, 2.45) is 0 Å². The molecule has 0 amide bonds. The molecule has 2 aromatic heterocycles. The second-order valence-electron chi connectivity index (χ2n) is 13.0. The van der Waals surface area contributed by atoms with E-state index in [9.17, 15) is 13.2 Å². The zero-order valence-corrected chi connectivity index (χ0v) is 25.7. The monoisotopic (exact) mass is 608 g/mol. The van der Waals surface area contributed by atoms with E-state index in [1.807, 2.05) is 36.4 Å². The van der Waals surface area contributed by atoms with E-state index in [2.05, 4.69) is 109 Å². The molecule has 0 N–H and O–H groups in total. The summed E-state index contributed by atoms with van der Waals surface area (Å²) in [6, 6.07) is 43.7. The predicted molar refractivity (Wildman–Crippen MR) is 184 cm³/mol. The van der Waals surface area contributed by atoms with Gasteiger partial charge in [-0.3, -0.25) is 0 Å². The van der Waals surface area contributed by atoms with Gasteiger partial charge in [0.1, 0.15) is 0 Å². The second-order valence-corrected chi connectivity index (χ2v) is 13.0. The van der Waals surface area contributed by atoms with Gasteiger partial charge in [0, 0.05) is 32.9 Å². The van der Waals surface area contributed by atoms with Crippen molar-refractivity contribution in [3.8, 4) is 22.5 Å². The minimum Gasteiger partial charge on any atom is -0.309 e. The zero-order chi connectivity index (χ0) is 31.8. The lowest BCUT2D eigenvalue weighted by atomic mass is 9.86. The lowest BCUT2D eigenvalue weighted by Crippen LogP contribution is -2.10. The van der Waals surface area contributed by atoms with E-state index in [-0.39, 0.29) is 5.41 Å². The van der Waals surface area contributed by atoms with Crippen LogP contribution in [0.3, 0.4) is 0 Å². The lowest BCUT2D eigenvalue weighted by Gasteiger charge is -2.19. The molecule has 0 aliphatic heterocycles. The van der Waals surface area contributed by atoms with Crippen LogP contribution in [0, 0.1) is 0 Å². The molecule has 2 heterocycles. The average Bonchev–Trinajstić information content (AvgIpc) is 3.56. The number of rotatable bonds is 3. The highest BCUT2D eigenvalue weighted by atomic mass is 19.4. The highest BCUT2D eigenvalue weighted by Gasteiger charge is 2.31. The molecule has 0 bridgehead atoms. The Labute approximate surface area is 264 Å². The minimum absolute atomic E-state index is 0.0410. The van der Waals surface area contributed by atoms with Crippen molar-refractivity contribution in [3.63, 3.8) is 0 Å². The molecule has 0 saturated carbocycles. The van der Waals surface area contributed by atoms with Gasteiger partial charge in [0.2, 0.25) is 0 Å². The first-order valence-corrected chi connectivity index (χ1v) is 15.4. The van der Waals surface area contributed by atoms with E-state index in [0.717, 1.165) is 50.0 Å². The van der Waals surface area contributed by atoms with E-state index < -0.39 is 11.7 Å². The average molecular weight is 609 g/mol. The third-order valence-corrected chi connectivity index (χ3v) is 9.08. The Balaban J connectivity index is 1.28. The van der Waals surface area contributed by atoms with Crippen LogP contribution in [0.4, 0.5) is 13.2 Å². The number of fused-ring (bicyclic) bond motifs is 6. The molecule has 8 aromatic rings. The molecule has 0 unspecified atom stereocenters. The Bertz CT molecular complexity index is 2280. The summed E-state index contributed by atoms with van der Waals surface area (Å²) < 4.78 is 45.3. The van der Waals surface area contributed by atoms with Crippen molar-refractivity contribution in [3.05, 3.63) is 145 Å². The summed E-state index contributed by atoms with van der Waals surface area (Å²) in [5.74, 6) is 0. The van der Waals surface area contributed by atoms with E-state index in [1.165, 1.54) is 28.5 Å². The Morgan fingerprint density at radius 3 is 1.33 bits per heavy atom. The topological polar surface area (TPSA) is 9.86 Å². The summed E-state index contributed by atoms with van der Waals surface area (Å²) in [5, 5.41) is 3.82. The first kappa shape index (κ1) is 28.2. The smallest absolute Gasteiger partial charge is 0.309 e. The molecule has 46 heavy (non-hydrogen) atoms. The van der Waals surface area contributed by atoms with Crippen molar-refractivity contribution < 1.29 is 13.2 Å². The van der Waals surface area contributed by atoms with Gasteiger partial charge in [-0.15, -0.1) is 0 Å². The maximum Gasteiger partial charge on any atom is 0.416 e. The molecule has 0 saturated heterocycles. The fourth-order valence-electron chi connectivity index (χ4n) is 6.79. The third-order valence-electron chi connectivity index (χ3n) is 9.08. The van der Waals surface area contributed by atoms with Crippen LogP contribution in [0.1, 0.15) is 31.9 Å². The number of alkyl halides is 3. The molecule has 0 fully saturated rings. The van der Waals surface area contributed by atoms with Crippen LogP contribution in [0.5, 0.6) is 0 Å². The largest absolute Gasteiger partial charge is 0.416 e. The summed E-state index contributed by atoms with van der Waals surface area (Å²) in [6.07, 6.45) is -4.41. The fourth-order valence-corrected chi connectivity index (χ4v) is 6.79. The fraction of sp³-hybridized carbons (Fsp3) is 0.122. The number of halogens is 3. The number of hydrogen-bond donors (Lipinski definition) is 0. The van der Waals surface area contributed by atoms with Gasteiger partial charge in [-0.05, 0) is 88.8 Å². The Hall–Kier alpha value is -5.29. The van der Waals surface area contributed by atoms with Crippen LogP contribution < -0.4 is 0 Å². The summed E-state index contributed by atoms with van der Waals surface area (Å²) in [4.78, 5) is 0. The van der Waals surface area contributed by atoms with Crippen LogP contribution in [0.25, 0.3) is 66.1 Å². The SMILES string of the molecule is CC(C)(C)c1ccc2c(c1)c1ccccc1n2-c1cccc(-c2cccc(-n3c4ccccc4c4cc(C(F)(F)F)ccc43)c2)c1. The van der Waals surface area contributed by atoms with Crippen molar-refractivity contribution >= 4 is 43.6 Å². The maximum absolute atomic E-state index is 13.6. The number of nitrogens with zero attached hydrogens (tertiary/aromatic N) is 2. The van der Waals surface area contributed by atoms with Crippen molar-refractivity contribution in [2.75, 3.05) is 0 Å². The molecule has 0 aliphatic rings. The quantitative estimate of drug-likeness (QED) is 0.189. The summed E-state index contributed by atoms with van der Waals surface area (Å²) >= 11 is 0. The number of para-hydroxylation sites is 2. The maximum atomic E-state index is 13.6. The van der Waals surface area contributed by atoms with Gasteiger partial charge in [-0.25, -0.2) is 0 Å². The van der Waals surface area contributed by atoms with Crippen LogP contribution in [-0.2, 0) is 11.6 Å². The second kappa shape index (κ2) is 10.1. The molecule has 0 spiro atoms. The standard InChI is InChI=1S/C41H31F3N2/c1-40(2,3)28-18-20-38-34(24-28)32-14-4-6-16-36(32)45(38)30-12-8-10-26(22-30)27-11-9-13-31(23-27)46-37-17-7-5-15-33(37)35-25-29(41(42,43)44)19-21-39(35)46/h4-25H,1-3H3. The van der Waals surface area contributed by atoms with Gasteiger partial charge in [0.05, 0.1) is 27.6 Å². The molecule has 226 valence electrons. The first-order valence-electron chi connectivity index (χ1n) is 15.4. The van der Waals surface area contributed by atoms with Crippen LogP contribution >= 0.6 is 0 Å². The molecule has 0 atom stereocenters. The van der Waals surface area contributed by atoms with Crippen molar-refractivity contribution in [1.29, 1.82) is 0 Å². The van der Waals surface area contributed by atoms with Crippen LogP contribution in [0.15, 0.2) is 133 Å².